The van der Waals surface area contributed by atoms with Crippen molar-refractivity contribution >= 4 is 33.0 Å². The number of nitrogens with one attached hydrogen (secondary N) is 2. The lowest BCUT2D eigenvalue weighted by Crippen LogP contribution is -2.25. The normalized spacial score (nSPS) is 19.8. The Morgan fingerprint density at radius 2 is 1.11 bits per heavy atom. The Morgan fingerprint density at radius 3 is 1.46 bits per heavy atom. The minimum absolute atomic E-state index is 0.121. The second-order valence-electron chi connectivity index (χ2n) is 8.26. The monoisotopic (exact) mass is 522 g/mol. The summed E-state index contributed by atoms with van der Waals surface area (Å²) in [6.45, 7) is 0. The molecule has 2 atom stereocenters. The van der Waals surface area contributed by atoms with Gasteiger partial charge in [-0.15, -0.1) is 0 Å². The molecule has 6 nitrogen and oxygen atoms in total. The van der Waals surface area contributed by atoms with E-state index in [-0.39, 0.29) is 24.2 Å². The van der Waals surface area contributed by atoms with Gasteiger partial charge in [0.05, 0.1) is 22.6 Å². The van der Waals surface area contributed by atoms with E-state index in [0.29, 0.717) is 0 Å². The van der Waals surface area contributed by atoms with E-state index in [4.69, 9.17) is 0 Å². The van der Waals surface area contributed by atoms with Gasteiger partial charge in [-0.1, -0.05) is 12.1 Å². The summed E-state index contributed by atoms with van der Waals surface area (Å²) in [5.74, 6) is -3.84. The van der Waals surface area contributed by atoms with E-state index in [1.165, 1.54) is 12.1 Å². The standard InChI is InChI=1S/C22H20F6N2O4S/c23-21(24,25)15-3-1-5-17(9-15)29-19(31)7-13-11-35(33,34)12-14(13)8-20(32)30-18-6-2-4-16(10-18)22(26,27)28/h1-6,9-10,13-14H,7-8,11-12H2,(H,29,31)(H,30,32). The maximum atomic E-state index is 12.9. The van der Waals surface area contributed by atoms with Gasteiger partial charge in [0, 0.05) is 24.2 Å². The quantitative estimate of drug-likeness (QED) is 0.536. The first-order valence-corrected chi connectivity index (χ1v) is 12.1. The van der Waals surface area contributed by atoms with E-state index in [1.807, 2.05) is 0 Å². The molecule has 0 bridgehead atoms. The largest absolute Gasteiger partial charge is 0.416 e. The summed E-state index contributed by atoms with van der Waals surface area (Å²) < 4.78 is 101. The number of alkyl halides is 6. The van der Waals surface area contributed by atoms with Gasteiger partial charge in [-0.3, -0.25) is 9.59 Å². The number of amides is 2. The number of anilines is 2. The van der Waals surface area contributed by atoms with Gasteiger partial charge in [-0.25, -0.2) is 8.42 Å². The lowest BCUT2D eigenvalue weighted by atomic mass is 9.89. The molecule has 0 saturated carbocycles. The van der Waals surface area contributed by atoms with Crippen LogP contribution < -0.4 is 10.6 Å². The Labute approximate surface area is 196 Å². The smallest absolute Gasteiger partial charge is 0.326 e. The van der Waals surface area contributed by atoms with Crippen molar-refractivity contribution in [2.24, 2.45) is 11.8 Å². The minimum Gasteiger partial charge on any atom is -0.326 e. The lowest BCUT2D eigenvalue weighted by molar-refractivity contribution is -0.138. The molecule has 1 fully saturated rings. The van der Waals surface area contributed by atoms with Crippen molar-refractivity contribution in [3.05, 3.63) is 59.7 Å². The first kappa shape index (κ1) is 26.5. The molecule has 0 spiro atoms. The Balaban J connectivity index is 1.65. The molecule has 190 valence electrons. The highest BCUT2D eigenvalue weighted by atomic mass is 32.2. The van der Waals surface area contributed by atoms with Crippen molar-refractivity contribution < 1.29 is 44.3 Å². The Kier molecular flexibility index (Phi) is 7.48. The summed E-state index contributed by atoms with van der Waals surface area (Å²) in [5, 5.41) is 4.60. The molecule has 1 saturated heterocycles. The van der Waals surface area contributed by atoms with Gasteiger partial charge in [0.15, 0.2) is 9.84 Å². The van der Waals surface area contributed by atoms with Crippen LogP contribution in [0.3, 0.4) is 0 Å². The zero-order valence-corrected chi connectivity index (χ0v) is 18.7. The molecule has 2 N–H and O–H groups in total. The van der Waals surface area contributed by atoms with E-state index in [0.717, 1.165) is 36.4 Å². The van der Waals surface area contributed by atoms with E-state index in [9.17, 15) is 44.3 Å². The molecular weight excluding hydrogens is 502 g/mol. The van der Waals surface area contributed by atoms with E-state index in [1.54, 1.807) is 0 Å². The molecule has 1 heterocycles. The summed E-state index contributed by atoms with van der Waals surface area (Å²) in [7, 11) is -3.59. The average molecular weight is 522 g/mol. The predicted molar refractivity (Wildman–Crippen MR) is 115 cm³/mol. The highest BCUT2D eigenvalue weighted by Gasteiger charge is 2.40. The fourth-order valence-corrected chi connectivity index (χ4v) is 6.11. The number of hydrogen-bond donors (Lipinski definition) is 2. The van der Waals surface area contributed by atoms with Crippen LogP contribution in [0.1, 0.15) is 24.0 Å². The van der Waals surface area contributed by atoms with Gasteiger partial charge in [0.25, 0.3) is 0 Å². The van der Waals surface area contributed by atoms with Gasteiger partial charge >= 0.3 is 12.4 Å². The maximum absolute atomic E-state index is 12.9. The Hall–Kier alpha value is -3.09. The number of sulfone groups is 1. The van der Waals surface area contributed by atoms with E-state index >= 15 is 0 Å². The molecule has 3 rings (SSSR count). The van der Waals surface area contributed by atoms with Crippen molar-refractivity contribution in [2.75, 3.05) is 22.1 Å². The second-order valence-corrected chi connectivity index (χ2v) is 10.4. The van der Waals surface area contributed by atoms with Crippen molar-refractivity contribution in [2.45, 2.75) is 25.2 Å². The molecule has 13 heteroatoms. The second kappa shape index (κ2) is 9.88. The predicted octanol–water partition coefficient (Wildman–Crippen LogP) is 4.74. The topological polar surface area (TPSA) is 92.3 Å². The first-order valence-electron chi connectivity index (χ1n) is 10.3. The van der Waals surface area contributed by atoms with E-state index < -0.39 is 68.5 Å². The third-order valence-electron chi connectivity index (χ3n) is 5.45. The van der Waals surface area contributed by atoms with Gasteiger partial charge in [0.1, 0.15) is 0 Å². The fraction of sp³-hybridized carbons (Fsp3) is 0.364. The van der Waals surface area contributed by atoms with Crippen LogP contribution in [0.25, 0.3) is 0 Å². The van der Waals surface area contributed by atoms with Crippen molar-refractivity contribution in [3.8, 4) is 0 Å². The van der Waals surface area contributed by atoms with Crippen LogP contribution in [0.5, 0.6) is 0 Å². The van der Waals surface area contributed by atoms with Gasteiger partial charge < -0.3 is 10.6 Å². The van der Waals surface area contributed by atoms with Crippen molar-refractivity contribution in [1.29, 1.82) is 0 Å². The summed E-state index contributed by atoms with van der Waals surface area (Å²) in [4.78, 5) is 24.8. The molecule has 0 aromatic heterocycles. The number of rotatable bonds is 6. The summed E-state index contributed by atoms with van der Waals surface area (Å²) in [6.07, 6.45) is -9.95. The fourth-order valence-electron chi connectivity index (χ4n) is 3.89. The Bertz CT molecular complexity index is 1120. The van der Waals surface area contributed by atoms with Gasteiger partial charge in [-0.05, 0) is 48.2 Å². The van der Waals surface area contributed by atoms with Crippen LogP contribution in [0, 0.1) is 11.8 Å². The minimum atomic E-state index is -4.61. The molecular formula is C22H20F6N2O4S. The first-order chi connectivity index (χ1) is 16.1. The molecule has 2 amide bonds. The van der Waals surface area contributed by atoms with Crippen LogP contribution in [0.4, 0.5) is 37.7 Å². The Morgan fingerprint density at radius 1 is 0.743 bits per heavy atom. The molecule has 2 aromatic rings. The third-order valence-corrected chi connectivity index (χ3v) is 7.32. The number of halogens is 6. The zero-order chi connectivity index (χ0) is 26.0. The highest BCUT2D eigenvalue weighted by Crippen LogP contribution is 2.34. The van der Waals surface area contributed by atoms with Gasteiger partial charge in [0.2, 0.25) is 11.8 Å². The SMILES string of the molecule is O=C(CC1CS(=O)(=O)CC1CC(=O)Nc1cccc(C(F)(F)F)c1)Nc1cccc(C(F)(F)F)c1. The molecule has 2 unspecified atom stereocenters. The summed E-state index contributed by atoms with van der Waals surface area (Å²) in [6, 6.07) is 7.86. The van der Waals surface area contributed by atoms with Crippen molar-refractivity contribution in [1.82, 2.24) is 0 Å². The average Bonchev–Trinajstić information content (AvgIpc) is 2.99. The van der Waals surface area contributed by atoms with E-state index in [2.05, 4.69) is 10.6 Å². The lowest BCUT2D eigenvalue weighted by Gasteiger charge is -2.18. The number of carbonyl (C=O) groups is 2. The van der Waals surface area contributed by atoms with Crippen LogP contribution in [0.15, 0.2) is 48.5 Å². The number of hydrogen-bond acceptors (Lipinski definition) is 4. The molecule has 0 radical (unpaired) electrons. The third kappa shape index (κ3) is 7.44. The van der Waals surface area contributed by atoms with Crippen molar-refractivity contribution in [3.63, 3.8) is 0 Å². The van der Waals surface area contributed by atoms with Crippen LogP contribution >= 0.6 is 0 Å². The molecule has 1 aliphatic heterocycles. The van der Waals surface area contributed by atoms with Crippen LogP contribution in [0.2, 0.25) is 0 Å². The van der Waals surface area contributed by atoms with Crippen LogP contribution in [-0.2, 0) is 31.8 Å². The number of benzene rings is 2. The molecule has 35 heavy (non-hydrogen) atoms. The summed E-state index contributed by atoms with van der Waals surface area (Å²) in [5.41, 5.74) is -2.18. The maximum Gasteiger partial charge on any atom is 0.416 e. The molecule has 0 aliphatic carbocycles. The highest BCUT2D eigenvalue weighted by molar-refractivity contribution is 7.91. The summed E-state index contributed by atoms with van der Waals surface area (Å²) >= 11 is 0. The number of carbonyl (C=O) groups excluding carboxylic acids is 2. The van der Waals surface area contributed by atoms with Gasteiger partial charge in [-0.2, -0.15) is 26.3 Å². The molecule has 2 aromatic carbocycles. The molecule has 1 aliphatic rings. The van der Waals surface area contributed by atoms with Crippen LogP contribution in [-0.4, -0.2) is 31.7 Å². The zero-order valence-electron chi connectivity index (χ0n) is 17.9.